The molecule has 5 rings (SSSR count). The number of nitrogens with zero attached hydrogens (tertiary/aromatic N) is 1. The normalized spacial score (nSPS) is 19.9. The molecule has 32 heavy (non-hydrogen) atoms. The van der Waals surface area contributed by atoms with Gasteiger partial charge in [-0.05, 0) is 48.7 Å². The molecule has 0 spiro atoms. The largest absolute Gasteiger partial charge is 0.496 e. The molecule has 0 bridgehead atoms. The maximum Gasteiger partial charge on any atom is 0.232 e. The minimum absolute atomic E-state index is 0.0181. The standard InChI is InChI=1S/C25H26N2O5/c1-27-14-16(23-19(29-2)5-4-6-20(23)30-3)7-10-22(27)26-24(28)25(11-12-25)17-8-9-18-21(13-17)32-15-31-18/h4-10,13-14,22H,11-12,15H2,1-3H3,(H,26,28). The fourth-order valence-electron chi connectivity index (χ4n) is 4.35. The zero-order valence-electron chi connectivity index (χ0n) is 18.4. The van der Waals surface area contributed by atoms with E-state index in [-0.39, 0.29) is 18.9 Å². The van der Waals surface area contributed by atoms with Gasteiger partial charge >= 0.3 is 0 Å². The van der Waals surface area contributed by atoms with Gasteiger partial charge in [-0.1, -0.05) is 18.2 Å². The van der Waals surface area contributed by atoms with Crippen LogP contribution < -0.4 is 24.3 Å². The lowest BCUT2D eigenvalue weighted by molar-refractivity contribution is -0.124. The second kappa shape index (κ2) is 7.82. The number of carbonyl (C=O) groups is 1. The second-order valence-electron chi connectivity index (χ2n) is 8.22. The monoisotopic (exact) mass is 434 g/mol. The Morgan fingerprint density at radius 1 is 1.09 bits per heavy atom. The van der Waals surface area contributed by atoms with E-state index in [4.69, 9.17) is 18.9 Å². The highest BCUT2D eigenvalue weighted by atomic mass is 16.7. The fraction of sp³-hybridized carbons (Fsp3) is 0.320. The Labute approximate surface area is 187 Å². The summed E-state index contributed by atoms with van der Waals surface area (Å²) in [5.74, 6) is 2.91. The fourth-order valence-corrected chi connectivity index (χ4v) is 4.35. The predicted molar refractivity (Wildman–Crippen MR) is 120 cm³/mol. The number of hydrogen-bond donors (Lipinski definition) is 1. The molecule has 1 atom stereocenters. The van der Waals surface area contributed by atoms with Gasteiger partial charge in [0.1, 0.15) is 17.7 Å². The van der Waals surface area contributed by atoms with Crippen LogP contribution in [0.2, 0.25) is 0 Å². The molecule has 0 radical (unpaired) electrons. The van der Waals surface area contributed by atoms with Crippen LogP contribution in [0, 0.1) is 0 Å². The second-order valence-corrected chi connectivity index (χ2v) is 8.22. The summed E-state index contributed by atoms with van der Waals surface area (Å²) in [4.78, 5) is 15.3. The Kier molecular flexibility index (Phi) is 4.96. The minimum Gasteiger partial charge on any atom is -0.496 e. The first-order valence-electron chi connectivity index (χ1n) is 10.6. The van der Waals surface area contributed by atoms with Gasteiger partial charge in [0, 0.05) is 18.8 Å². The summed E-state index contributed by atoms with van der Waals surface area (Å²) in [6.45, 7) is 0.224. The molecular weight excluding hydrogens is 408 g/mol. The van der Waals surface area contributed by atoms with Crippen molar-refractivity contribution in [1.29, 1.82) is 0 Å². The molecule has 3 aliphatic rings. The Morgan fingerprint density at radius 3 is 2.47 bits per heavy atom. The van der Waals surface area contributed by atoms with Gasteiger partial charge in [0.05, 0.1) is 25.2 Å². The number of allylic oxidation sites excluding steroid dienone is 2. The number of fused-ring (bicyclic) bond motifs is 1. The van der Waals surface area contributed by atoms with Crippen LogP contribution >= 0.6 is 0 Å². The highest BCUT2D eigenvalue weighted by molar-refractivity contribution is 5.92. The molecule has 0 aromatic heterocycles. The van der Waals surface area contributed by atoms with Crippen molar-refractivity contribution in [2.24, 2.45) is 0 Å². The smallest absolute Gasteiger partial charge is 0.232 e. The van der Waals surface area contributed by atoms with Crippen molar-refractivity contribution >= 4 is 11.5 Å². The van der Waals surface area contributed by atoms with Crippen molar-refractivity contribution in [1.82, 2.24) is 10.2 Å². The van der Waals surface area contributed by atoms with E-state index in [1.165, 1.54) is 0 Å². The molecule has 2 heterocycles. The third-order valence-corrected chi connectivity index (χ3v) is 6.34. The average Bonchev–Trinajstić information content (AvgIpc) is 3.50. The van der Waals surface area contributed by atoms with Gasteiger partial charge in [0.25, 0.3) is 0 Å². The Morgan fingerprint density at radius 2 is 1.81 bits per heavy atom. The van der Waals surface area contributed by atoms with E-state index in [2.05, 4.69) is 5.32 Å². The van der Waals surface area contributed by atoms with E-state index in [9.17, 15) is 4.79 Å². The molecule has 2 aliphatic heterocycles. The van der Waals surface area contributed by atoms with Crippen LogP contribution in [-0.2, 0) is 10.2 Å². The molecule has 0 saturated heterocycles. The maximum absolute atomic E-state index is 13.3. The summed E-state index contributed by atoms with van der Waals surface area (Å²) in [7, 11) is 5.23. The summed E-state index contributed by atoms with van der Waals surface area (Å²) in [6.07, 6.45) is 7.35. The number of rotatable bonds is 6. The zero-order chi connectivity index (χ0) is 22.3. The van der Waals surface area contributed by atoms with Crippen molar-refractivity contribution in [2.45, 2.75) is 24.4 Å². The summed E-state index contributed by atoms with van der Waals surface area (Å²) < 4.78 is 22.0. The molecule has 166 valence electrons. The average molecular weight is 434 g/mol. The number of amides is 1. The Bertz CT molecular complexity index is 1100. The molecule has 7 heteroatoms. The minimum atomic E-state index is -0.508. The third kappa shape index (κ3) is 3.34. The Hall–Kier alpha value is -3.61. The Balaban J connectivity index is 1.34. The van der Waals surface area contributed by atoms with E-state index < -0.39 is 5.41 Å². The van der Waals surface area contributed by atoms with Crippen LogP contribution in [0.15, 0.2) is 54.8 Å². The van der Waals surface area contributed by atoms with Gasteiger partial charge in [0.15, 0.2) is 11.5 Å². The molecule has 1 N–H and O–H groups in total. The van der Waals surface area contributed by atoms with Crippen molar-refractivity contribution in [3.63, 3.8) is 0 Å². The first-order valence-corrected chi connectivity index (χ1v) is 10.6. The number of hydrogen-bond acceptors (Lipinski definition) is 6. The molecular formula is C25H26N2O5. The molecule has 7 nitrogen and oxygen atoms in total. The number of methoxy groups -OCH3 is 2. The number of ether oxygens (including phenoxy) is 4. The van der Waals surface area contributed by atoms with Gasteiger partial charge in [-0.15, -0.1) is 0 Å². The lowest BCUT2D eigenvalue weighted by Gasteiger charge is -2.31. The molecule has 2 aromatic carbocycles. The van der Waals surface area contributed by atoms with Crippen LogP contribution in [0.3, 0.4) is 0 Å². The summed E-state index contributed by atoms with van der Waals surface area (Å²) in [5.41, 5.74) is 2.29. The third-order valence-electron chi connectivity index (χ3n) is 6.34. The summed E-state index contributed by atoms with van der Waals surface area (Å²) >= 11 is 0. The number of likely N-dealkylation sites (N-methyl/N-ethyl adjacent to an activating group) is 1. The van der Waals surface area contributed by atoms with Gasteiger partial charge in [-0.25, -0.2) is 0 Å². The zero-order valence-corrected chi connectivity index (χ0v) is 18.4. The SMILES string of the molecule is COc1cccc(OC)c1C1=CN(C)C(NC(=O)C2(c3ccc4c(c3)OCO4)CC2)C=C1. The number of carbonyl (C=O) groups excluding carboxylic acids is 1. The highest BCUT2D eigenvalue weighted by Gasteiger charge is 2.52. The van der Waals surface area contributed by atoms with Crippen LogP contribution in [0.1, 0.15) is 24.0 Å². The van der Waals surface area contributed by atoms with Crippen molar-refractivity contribution < 1.29 is 23.7 Å². The van der Waals surface area contributed by atoms with E-state index in [1.807, 2.05) is 66.7 Å². The maximum atomic E-state index is 13.3. The molecule has 1 aliphatic carbocycles. The quantitative estimate of drug-likeness (QED) is 0.751. The van der Waals surface area contributed by atoms with Gasteiger partial charge in [-0.2, -0.15) is 0 Å². The molecule has 1 fully saturated rings. The van der Waals surface area contributed by atoms with Crippen LogP contribution in [0.5, 0.6) is 23.0 Å². The lowest BCUT2D eigenvalue weighted by atomic mass is 9.94. The van der Waals surface area contributed by atoms with E-state index >= 15 is 0 Å². The molecule has 1 amide bonds. The van der Waals surface area contributed by atoms with Crippen LogP contribution in [-0.4, -0.2) is 45.0 Å². The van der Waals surface area contributed by atoms with Crippen LogP contribution in [0.25, 0.3) is 5.57 Å². The topological polar surface area (TPSA) is 69.3 Å². The molecule has 2 aromatic rings. The highest BCUT2D eigenvalue weighted by Crippen LogP contribution is 2.50. The number of nitrogens with one attached hydrogen (secondary N) is 1. The summed E-state index contributed by atoms with van der Waals surface area (Å²) in [6, 6.07) is 11.5. The van der Waals surface area contributed by atoms with E-state index in [1.54, 1.807) is 14.2 Å². The first kappa shape index (κ1) is 20.3. The lowest BCUT2D eigenvalue weighted by Crippen LogP contribution is -2.47. The number of benzene rings is 2. The summed E-state index contributed by atoms with van der Waals surface area (Å²) in [5, 5.41) is 3.19. The molecule has 1 unspecified atom stereocenters. The van der Waals surface area contributed by atoms with Crippen molar-refractivity contribution in [2.75, 3.05) is 28.1 Å². The molecule has 1 saturated carbocycles. The van der Waals surface area contributed by atoms with E-state index in [0.29, 0.717) is 5.75 Å². The van der Waals surface area contributed by atoms with Crippen LogP contribution in [0.4, 0.5) is 0 Å². The predicted octanol–water partition coefficient (Wildman–Crippen LogP) is 3.45. The van der Waals surface area contributed by atoms with Gasteiger partial charge < -0.3 is 29.2 Å². The van der Waals surface area contributed by atoms with Crippen molar-refractivity contribution in [3.8, 4) is 23.0 Å². The van der Waals surface area contributed by atoms with E-state index in [0.717, 1.165) is 46.8 Å². The first-order chi connectivity index (χ1) is 15.6. The van der Waals surface area contributed by atoms with Gasteiger partial charge in [0.2, 0.25) is 12.7 Å². The van der Waals surface area contributed by atoms with Crippen molar-refractivity contribution in [3.05, 3.63) is 65.9 Å². The van der Waals surface area contributed by atoms with Gasteiger partial charge in [-0.3, -0.25) is 4.79 Å².